The van der Waals surface area contributed by atoms with E-state index in [1.165, 1.54) is 36.4 Å². The molecular formula is C15H9F2N4O+. The first kappa shape index (κ1) is 13.7. The number of nitrogens with one attached hydrogen (secondary N) is 1. The van der Waals surface area contributed by atoms with Crippen LogP contribution in [-0.4, -0.2) is 9.78 Å². The minimum Gasteiger partial charge on any atom is -0.282 e. The lowest BCUT2D eigenvalue weighted by Gasteiger charge is -2.02. The van der Waals surface area contributed by atoms with Crippen LogP contribution in [0.2, 0.25) is 0 Å². The predicted molar refractivity (Wildman–Crippen MR) is 76.5 cm³/mol. The van der Waals surface area contributed by atoms with Crippen molar-refractivity contribution >= 4 is 5.69 Å². The van der Waals surface area contributed by atoms with E-state index in [2.05, 4.69) is 10.1 Å². The number of aromatic nitrogens is 2. The molecule has 0 spiro atoms. The zero-order valence-electron chi connectivity index (χ0n) is 11.1. The monoisotopic (exact) mass is 299 g/mol. The van der Waals surface area contributed by atoms with E-state index in [9.17, 15) is 13.6 Å². The maximum Gasteiger partial charge on any atom is 0.476 e. The van der Waals surface area contributed by atoms with Gasteiger partial charge in [-0.25, -0.2) is 13.5 Å². The Morgan fingerprint density at radius 3 is 2.27 bits per heavy atom. The topological polar surface area (TPSA) is 65.9 Å². The van der Waals surface area contributed by atoms with Crippen LogP contribution in [0.5, 0.6) is 0 Å². The molecule has 7 heteroatoms. The van der Waals surface area contributed by atoms with Gasteiger partial charge >= 0.3 is 11.2 Å². The summed E-state index contributed by atoms with van der Waals surface area (Å²) in [5.74, 6) is -1.25. The van der Waals surface area contributed by atoms with Crippen LogP contribution in [-0.2, 0) is 0 Å². The van der Waals surface area contributed by atoms with Crippen LogP contribution in [0.15, 0.2) is 53.3 Å². The van der Waals surface area contributed by atoms with Crippen molar-refractivity contribution < 1.29 is 8.78 Å². The molecule has 0 unspecified atom stereocenters. The van der Waals surface area contributed by atoms with Gasteiger partial charge in [0.15, 0.2) is 10.7 Å². The van der Waals surface area contributed by atoms with E-state index in [1.807, 2.05) is 0 Å². The maximum atomic E-state index is 13.9. The maximum absolute atomic E-state index is 13.9. The summed E-state index contributed by atoms with van der Waals surface area (Å²) < 4.78 is 28.6. The van der Waals surface area contributed by atoms with Gasteiger partial charge < -0.3 is 0 Å². The molecule has 108 valence electrons. The number of hydrogen-bond acceptors (Lipinski definition) is 2. The van der Waals surface area contributed by atoms with Crippen molar-refractivity contribution in [1.82, 2.24) is 9.78 Å². The summed E-state index contributed by atoms with van der Waals surface area (Å²) in [6, 6.07) is 11.3. The molecule has 2 aromatic carbocycles. The van der Waals surface area contributed by atoms with Crippen LogP contribution in [0.1, 0.15) is 0 Å². The van der Waals surface area contributed by atoms with E-state index in [0.717, 1.165) is 4.68 Å². The van der Waals surface area contributed by atoms with Crippen LogP contribution in [0.3, 0.4) is 0 Å². The van der Waals surface area contributed by atoms with Gasteiger partial charge in [-0.3, -0.25) is 9.89 Å². The van der Waals surface area contributed by atoms with Gasteiger partial charge in [-0.1, -0.05) is 24.3 Å². The quantitative estimate of drug-likeness (QED) is 0.735. The fourth-order valence-corrected chi connectivity index (χ4v) is 2.18. The Hall–Kier alpha value is -3.27. The molecule has 0 amide bonds. The van der Waals surface area contributed by atoms with Crippen molar-refractivity contribution in [1.29, 1.82) is 5.39 Å². The van der Waals surface area contributed by atoms with Gasteiger partial charge in [-0.2, -0.15) is 0 Å². The Morgan fingerprint density at radius 2 is 1.64 bits per heavy atom. The Bertz CT molecular complexity index is 953. The average molecular weight is 299 g/mol. The van der Waals surface area contributed by atoms with Gasteiger partial charge in [0.2, 0.25) is 5.39 Å². The molecule has 0 aliphatic heterocycles. The molecule has 1 heterocycles. The lowest BCUT2D eigenvalue weighted by molar-refractivity contribution is 0.608. The molecular weight excluding hydrogens is 290 g/mol. The van der Waals surface area contributed by atoms with Crippen LogP contribution >= 0.6 is 0 Å². The number of hydrogen-bond donors (Lipinski definition) is 1. The lowest BCUT2D eigenvalue weighted by Crippen LogP contribution is -2.15. The first-order chi connectivity index (χ1) is 10.6. The highest BCUT2D eigenvalue weighted by Gasteiger charge is 2.29. The highest BCUT2D eigenvalue weighted by atomic mass is 19.1. The van der Waals surface area contributed by atoms with Gasteiger partial charge in [0, 0.05) is 5.56 Å². The van der Waals surface area contributed by atoms with Gasteiger partial charge in [0.05, 0.1) is 0 Å². The van der Waals surface area contributed by atoms with E-state index >= 15 is 0 Å². The van der Waals surface area contributed by atoms with Crippen LogP contribution < -0.4 is 5.56 Å². The lowest BCUT2D eigenvalue weighted by atomic mass is 10.1. The molecule has 5 nitrogen and oxygen atoms in total. The fourth-order valence-electron chi connectivity index (χ4n) is 2.18. The van der Waals surface area contributed by atoms with E-state index in [-0.39, 0.29) is 16.9 Å². The number of H-pyrrole nitrogens is 1. The molecule has 0 atom stereocenters. The normalized spacial score (nSPS) is 10.4. The molecule has 3 rings (SSSR count). The van der Waals surface area contributed by atoms with Crippen molar-refractivity contribution in [3.63, 3.8) is 0 Å². The second kappa shape index (κ2) is 5.26. The highest BCUT2D eigenvalue weighted by molar-refractivity contribution is 5.75. The average Bonchev–Trinajstić information content (AvgIpc) is 2.85. The molecule has 0 saturated heterocycles. The van der Waals surface area contributed by atoms with Crippen molar-refractivity contribution in [2.45, 2.75) is 0 Å². The first-order valence-corrected chi connectivity index (χ1v) is 6.33. The molecule has 0 saturated carbocycles. The van der Waals surface area contributed by atoms with E-state index in [1.54, 1.807) is 12.1 Å². The number of nitrogens with zero attached hydrogens (tertiary/aromatic N) is 3. The molecule has 0 radical (unpaired) electrons. The molecule has 1 aromatic heterocycles. The van der Waals surface area contributed by atoms with Crippen LogP contribution in [0, 0.1) is 17.0 Å². The predicted octanol–water partition coefficient (Wildman–Crippen LogP) is 3.60. The smallest absolute Gasteiger partial charge is 0.282 e. The fraction of sp³-hybridized carbons (Fsp3) is 0. The number of diazo groups is 1. The number of halogens is 2. The molecule has 22 heavy (non-hydrogen) atoms. The number of aromatic amines is 1. The summed E-state index contributed by atoms with van der Waals surface area (Å²) >= 11 is 0. The van der Waals surface area contributed by atoms with E-state index in [0.29, 0.717) is 0 Å². The Morgan fingerprint density at radius 1 is 1.00 bits per heavy atom. The molecule has 0 bridgehead atoms. The highest BCUT2D eigenvalue weighted by Crippen LogP contribution is 2.28. The molecule has 0 fully saturated rings. The van der Waals surface area contributed by atoms with Gasteiger partial charge in [-0.05, 0) is 24.3 Å². The number of benzene rings is 2. The Kier molecular flexibility index (Phi) is 3.27. The second-order valence-electron chi connectivity index (χ2n) is 4.51. The van der Waals surface area contributed by atoms with Gasteiger partial charge in [-0.15, -0.1) is 0 Å². The molecule has 0 aliphatic rings. The summed E-state index contributed by atoms with van der Waals surface area (Å²) in [7, 11) is 0. The minimum atomic E-state index is -0.786. The zero-order valence-corrected chi connectivity index (χ0v) is 11.1. The third-order valence-corrected chi connectivity index (χ3v) is 3.20. The van der Waals surface area contributed by atoms with Gasteiger partial charge in [0.1, 0.15) is 17.3 Å². The minimum absolute atomic E-state index is 0.0335. The summed E-state index contributed by atoms with van der Waals surface area (Å²) in [5, 5.41) is 11.6. The Balaban J connectivity index is 2.30. The number of para-hydroxylation sites is 1. The standard InChI is InChI=1S/C15H8F2N4O/c16-10-6-2-1-5-9(10)13-14(19-18)15(22)21(20-13)12-8-4-3-7-11(12)17/h1-8H/p+1. The summed E-state index contributed by atoms with van der Waals surface area (Å²) in [6.07, 6.45) is 0. The third kappa shape index (κ3) is 2.07. The van der Waals surface area contributed by atoms with Crippen molar-refractivity contribution in [2.75, 3.05) is 0 Å². The van der Waals surface area contributed by atoms with E-state index < -0.39 is 22.9 Å². The first-order valence-electron chi connectivity index (χ1n) is 6.33. The largest absolute Gasteiger partial charge is 0.476 e. The third-order valence-electron chi connectivity index (χ3n) is 3.20. The summed E-state index contributed by atoms with van der Waals surface area (Å²) in [4.78, 5) is 15.2. The van der Waals surface area contributed by atoms with Crippen molar-refractivity contribution in [2.24, 2.45) is 0 Å². The van der Waals surface area contributed by atoms with Crippen LogP contribution in [0.4, 0.5) is 14.5 Å². The van der Waals surface area contributed by atoms with Crippen molar-refractivity contribution in [3.05, 3.63) is 75.5 Å². The molecule has 1 N–H and O–H groups in total. The van der Waals surface area contributed by atoms with Crippen LogP contribution in [0.25, 0.3) is 21.9 Å². The SMILES string of the molecule is N#[N+]c1c(-c2ccccc2F)[nH]n(-c2ccccc2F)c1=O. The van der Waals surface area contributed by atoms with E-state index in [4.69, 9.17) is 5.39 Å². The van der Waals surface area contributed by atoms with Gasteiger partial charge in [0.25, 0.3) is 0 Å². The molecule has 0 aliphatic carbocycles. The second-order valence-corrected chi connectivity index (χ2v) is 4.51. The summed E-state index contributed by atoms with van der Waals surface area (Å²) in [5.41, 5.74) is -1.23. The van der Waals surface area contributed by atoms with Crippen molar-refractivity contribution in [3.8, 4) is 16.9 Å². The zero-order chi connectivity index (χ0) is 15.7. The Labute approximate surface area is 123 Å². The molecule has 3 aromatic rings. The number of rotatable bonds is 2. The summed E-state index contributed by atoms with van der Waals surface area (Å²) in [6.45, 7) is 0.